The number of rotatable bonds is 4. The molecular formula is C8H12O4. The van der Waals surface area contributed by atoms with Crippen LogP contribution in [0.2, 0.25) is 0 Å². The first-order valence-corrected chi connectivity index (χ1v) is 3.22. The topological polar surface area (TPSA) is 44.8 Å². The molecule has 0 saturated carbocycles. The Morgan fingerprint density at radius 1 is 1.17 bits per heavy atom. The van der Waals surface area contributed by atoms with Crippen molar-refractivity contribution in [2.75, 3.05) is 21.3 Å². The molecule has 0 radical (unpaired) electrons. The molecule has 0 saturated heterocycles. The Hall–Kier alpha value is -1.45. The van der Waals surface area contributed by atoms with Crippen LogP contribution >= 0.6 is 0 Å². The predicted octanol–water partition coefficient (Wildman–Crippen LogP) is 0.850. The molecule has 0 rings (SSSR count). The van der Waals surface area contributed by atoms with Gasteiger partial charge in [-0.05, 0) is 0 Å². The third kappa shape index (κ3) is 3.09. The van der Waals surface area contributed by atoms with E-state index in [0.717, 1.165) is 0 Å². The molecule has 0 aromatic heterocycles. The SMILES string of the molecule is C=C(/C=C(/OC)C(=O)OC)OC. The Bertz CT molecular complexity index is 205. The molecule has 68 valence electrons. The molecule has 0 amide bonds. The Kier molecular flexibility index (Phi) is 4.60. The van der Waals surface area contributed by atoms with Gasteiger partial charge in [0.15, 0.2) is 0 Å². The molecule has 0 aromatic rings. The van der Waals surface area contributed by atoms with E-state index < -0.39 is 5.97 Å². The van der Waals surface area contributed by atoms with Gasteiger partial charge in [-0.3, -0.25) is 0 Å². The van der Waals surface area contributed by atoms with Crippen molar-refractivity contribution in [3.8, 4) is 0 Å². The number of allylic oxidation sites excluding steroid dienone is 1. The third-order valence-corrected chi connectivity index (χ3v) is 1.16. The van der Waals surface area contributed by atoms with E-state index in [1.807, 2.05) is 0 Å². The van der Waals surface area contributed by atoms with Crippen molar-refractivity contribution in [2.24, 2.45) is 0 Å². The summed E-state index contributed by atoms with van der Waals surface area (Å²) < 4.78 is 13.9. The Labute approximate surface area is 71.4 Å². The second-order valence-electron chi connectivity index (χ2n) is 1.87. The van der Waals surface area contributed by atoms with Gasteiger partial charge in [0.1, 0.15) is 5.76 Å². The van der Waals surface area contributed by atoms with Gasteiger partial charge in [-0.1, -0.05) is 6.58 Å². The van der Waals surface area contributed by atoms with Gasteiger partial charge in [0.25, 0.3) is 0 Å². The maximum absolute atomic E-state index is 10.9. The summed E-state index contributed by atoms with van der Waals surface area (Å²) in [6.07, 6.45) is 1.35. The number of methoxy groups -OCH3 is 3. The Balaban J connectivity index is 4.43. The van der Waals surface area contributed by atoms with E-state index in [2.05, 4.69) is 11.3 Å². The van der Waals surface area contributed by atoms with Gasteiger partial charge in [0.2, 0.25) is 5.76 Å². The van der Waals surface area contributed by atoms with Gasteiger partial charge < -0.3 is 14.2 Å². The average molecular weight is 172 g/mol. The highest BCUT2D eigenvalue weighted by Crippen LogP contribution is 2.03. The maximum atomic E-state index is 10.9. The highest BCUT2D eigenvalue weighted by atomic mass is 16.6. The lowest BCUT2D eigenvalue weighted by atomic mass is 10.4. The van der Waals surface area contributed by atoms with Crippen LogP contribution in [0.1, 0.15) is 0 Å². The molecule has 4 nitrogen and oxygen atoms in total. The Morgan fingerprint density at radius 2 is 1.75 bits per heavy atom. The summed E-state index contributed by atoms with van der Waals surface area (Å²) in [5, 5.41) is 0. The van der Waals surface area contributed by atoms with E-state index in [-0.39, 0.29) is 5.76 Å². The van der Waals surface area contributed by atoms with Gasteiger partial charge >= 0.3 is 5.97 Å². The zero-order chi connectivity index (χ0) is 9.56. The number of hydrogen-bond donors (Lipinski definition) is 0. The first-order valence-electron chi connectivity index (χ1n) is 3.22. The number of hydrogen-bond acceptors (Lipinski definition) is 4. The number of carbonyl (C=O) groups excluding carboxylic acids is 1. The lowest BCUT2D eigenvalue weighted by molar-refractivity contribution is -0.139. The minimum absolute atomic E-state index is 0.0596. The third-order valence-electron chi connectivity index (χ3n) is 1.16. The van der Waals surface area contributed by atoms with Crippen LogP contribution in [0, 0.1) is 0 Å². The van der Waals surface area contributed by atoms with E-state index in [1.165, 1.54) is 27.4 Å². The summed E-state index contributed by atoms with van der Waals surface area (Å²) in [6.45, 7) is 3.49. The standard InChI is InChI=1S/C8H12O4/c1-6(10-2)5-7(11-3)8(9)12-4/h5H,1H2,2-4H3/b7-5+. The van der Waals surface area contributed by atoms with Crippen molar-refractivity contribution < 1.29 is 19.0 Å². The van der Waals surface area contributed by atoms with Crippen molar-refractivity contribution in [2.45, 2.75) is 0 Å². The first kappa shape index (κ1) is 10.6. The van der Waals surface area contributed by atoms with E-state index in [0.29, 0.717) is 5.76 Å². The lowest BCUT2D eigenvalue weighted by Gasteiger charge is -2.03. The molecule has 0 spiro atoms. The quantitative estimate of drug-likeness (QED) is 0.273. The summed E-state index contributed by atoms with van der Waals surface area (Å²) >= 11 is 0. The molecular weight excluding hydrogens is 160 g/mol. The van der Waals surface area contributed by atoms with Crippen LogP contribution in [0.3, 0.4) is 0 Å². The molecule has 12 heavy (non-hydrogen) atoms. The van der Waals surface area contributed by atoms with Crippen LogP contribution < -0.4 is 0 Å². The van der Waals surface area contributed by atoms with E-state index >= 15 is 0 Å². The van der Waals surface area contributed by atoms with Crippen molar-refractivity contribution >= 4 is 5.97 Å². The van der Waals surface area contributed by atoms with Gasteiger partial charge in [-0.2, -0.15) is 0 Å². The summed E-state index contributed by atoms with van der Waals surface area (Å²) in [5.74, 6) is -0.169. The number of ether oxygens (including phenoxy) is 3. The minimum atomic E-state index is -0.560. The number of esters is 1. The Morgan fingerprint density at radius 3 is 2.08 bits per heavy atom. The zero-order valence-corrected chi connectivity index (χ0v) is 7.42. The van der Waals surface area contributed by atoms with Crippen molar-refractivity contribution in [1.29, 1.82) is 0 Å². The van der Waals surface area contributed by atoms with Crippen LogP contribution in [0.4, 0.5) is 0 Å². The van der Waals surface area contributed by atoms with Crippen LogP contribution in [-0.2, 0) is 19.0 Å². The van der Waals surface area contributed by atoms with Gasteiger partial charge in [-0.15, -0.1) is 0 Å². The molecule has 0 atom stereocenters. The fourth-order valence-corrected chi connectivity index (χ4v) is 0.507. The fourth-order valence-electron chi connectivity index (χ4n) is 0.507. The molecule has 0 fully saturated rings. The fraction of sp³-hybridized carbons (Fsp3) is 0.375. The second kappa shape index (κ2) is 5.23. The largest absolute Gasteiger partial charge is 0.497 e. The van der Waals surface area contributed by atoms with Crippen molar-refractivity contribution in [3.63, 3.8) is 0 Å². The highest BCUT2D eigenvalue weighted by molar-refractivity contribution is 5.86. The normalized spacial score (nSPS) is 10.4. The van der Waals surface area contributed by atoms with Crippen LogP contribution in [0.5, 0.6) is 0 Å². The van der Waals surface area contributed by atoms with E-state index in [1.54, 1.807) is 0 Å². The van der Waals surface area contributed by atoms with Crippen LogP contribution in [-0.4, -0.2) is 27.3 Å². The van der Waals surface area contributed by atoms with Crippen LogP contribution in [0.15, 0.2) is 24.2 Å². The molecule has 0 aliphatic carbocycles. The first-order chi connectivity index (χ1) is 5.65. The number of carbonyl (C=O) groups is 1. The molecule has 4 heteroatoms. The maximum Gasteiger partial charge on any atom is 0.373 e. The molecule has 0 unspecified atom stereocenters. The van der Waals surface area contributed by atoms with Gasteiger partial charge in [0, 0.05) is 6.08 Å². The minimum Gasteiger partial charge on any atom is -0.497 e. The molecule has 0 aliphatic rings. The second-order valence-corrected chi connectivity index (χ2v) is 1.87. The van der Waals surface area contributed by atoms with Gasteiger partial charge in [-0.25, -0.2) is 4.79 Å². The highest BCUT2D eigenvalue weighted by Gasteiger charge is 2.09. The summed E-state index contributed by atoms with van der Waals surface area (Å²) in [4.78, 5) is 10.9. The summed E-state index contributed by atoms with van der Waals surface area (Å²) in [6, 6.07) is 0. The zero-order valence-electron chi connectivity index (χ0n) is 7.42. The van der Waals surface area contributed by atoms with Crippen molar-refractivity contribution in [3.05, 3.63) is 24.2 Å². The molecule has 0 bridgehead atoms. The van der Waals surface area contributed by atoms with Crippen molar-refractivity contribution in [1.82, 2.24) is 0 Å². The monoisotopic (exact) mass is 172 g/mol. The molecule has 0 heterocycles. The van der Waals surface area contributed by atoms with E-state index in [9.17, 15) is 4.79 Å². The predicted molar refractivity (Wildman–Crippen MR) is 43.3 cm³/mol. The molecule has 0 aliphatic heterocycles. The van der Waals surface area contributed by atoms with Crippen LogP contribution in [0.25, 0.3) is 0 Å². The average Bonchev–Trinajstić information content (AvgIpc) is 2.12. The lowest BCUT2D eigenvalue weighted by Crippen LogP contribution is -2.06. The van der Waals surface area contributed by atoms with E-state index in [4.69, 9.17) is 9.47 Å². The smallest absolute Gasteiger partial charge is 0.373 e. The van der Waals surface area contributed by atoms with Gasteiger partial charge in [0.05, 0.1) is 21.3 Å². The molecule has 0 aromatic carbocycles. The summed E-state index contributed by atoms with van der Waals surface area (Å²) in [5.41, 5.74) is 0. The molecule has 0 N–H and O–H groups in total. The summed E-state index contributed by atoms with van der Waals surface area (Å²) in [7, 11) is 4.08.